The molecule has 0 fully saturated rings. The van der Waals surface area contributed by atoms with Gasteiger partial charge in [-0.15, -0.1) is 0 Å². The third kappa shape index (κ3) is 4.76. The van der Waals surface area contributed by atoms with Crippen molar-refractivity contribution < 1.29 is 19.1 Å². The second-order valence-corrected chi connectivity index (χ2v) is 4.96. The molecule has 0 aromatic carbocycles. The standard InChI is InChI=1S/C15H19N3O4/c19-14(20)7-3-1-2-4-8-16-15(21)12-10-11(17-18-12)13-6-5-9-22-13/h5-6,9-10H,1-4,7-8H2,(H,16,21)(H,17,18)(H,19,20). The molecule has 0 saturated carbocycles. The predicted molar refractivity (Wildman–Crippen MR) is 79.3 cm³/mol. The second-order valence-electron chi connectivity index (χ2n) is 4.96. The fourth-order valence-corrected chi connectivity index (χ4v) is 2.04. The summed E-state index contributed by atoms with van der Waals surface area (Å²) in [5.41, 5.74) is 0.973. The minimum Gasteiger partial charge on any atom is -0.481 e. The van der Waals surface area contributed by atoms with Crippen LogP contribution >= 0.6 is 0 Å². The van der Waals surface area contributed by atoms with Gasteiger partial charge in [0.05, 0.1) is 6.26 Å². The Morgan fingerprint density at radius 1 is 1.27 bits per heavy atom. The Labute approximate surface area is 127 Å². The van der Waals surface area contributed by atoms with E-state index in [-0.39, 0.29) is 12.3 Å². The number of furan rings is 1. The van der Waals surface area contributed by atoms with Crippen molar-refractivity contribution in [3.05, 3.63) is 30.2 Å². The molecule has 2 rings (SSSR count). The first-order valence-corrected chi connectivity index (χ1v) is 7.26. The molecule has 2 aromatic rings. The third-order valence-corrected chi connectivity index (χ3v) is 3.20. The molecule has 0 bridgehead atoms. The first-order chi connectivity index (χ1) is 10.7. The summed E-state index contributed by atoms with van der Waals surface area (Å²) < 4.78 is 5.22. The van der Waals surface area contributed by atoms with Crippen molar-refractivity contribution in [1.29, 1.82) is 0 Å². The van der Waals surface area contributed by atoms with Crippen molar-refractivity contribution in [3.63, 3.8) is 0 Å². The van der Waals surface area contributed by atoms with Gasteiger partial charge in [-0.25, -0.2) is 0 Å². The molecule has 7 heteroatoms. The van der Waals surface area contributed by atoms with Gasteiger partial charge in [0.1, 0.15) is 5.69 Å². The molecule has 0 aliphatic heterocycles. The second kappa shape index (κ2) is 8.02. The van der Waals surface area contributed by atoms with Crippen LogP contribution in [0.15, 0.2) is 28.9 Å². The maximum absolute atomic E-state index is 11.9. The molecule has 0 atom stereocenters. The topological polar surface area (TPSA) is 108 Å². The fraction of sp³-hybridized carbons (Fsp3) is 0.400. The van der Waals surface area contributed by atoms with E-state index < -0.39 is 5.97 Å². The summed E-state index contributed by atoms with van der Waals surface area (Å²) in [5.74, 6) is -0.372. The van der Waals surface area contributed by atoms with E-state index in [1.54, 1.807) is 24.5 Å². The summed E-state index contributed by atoms with van der Waals surface area (Å²) in [6.07, 6.45) is 5.00. The molecule has 2 heterocycles. The van der Waals surface area contributed by atoms with Crippen molar-refractivity contribution in [3.8, 4) is 11.5 Å². The molecule has 2 aromatic heterocycles. The average molecular weight is 305 g/mol. The van der Waals surface area contributed by atoms with Gasteiger partial charge in [-0.05, 0) is 25.0 Å². The van der Waals surface area contributed by atoms with Crippen LogP contribution in [0.3, 0.4) is 0 Å². The number of aromatic nitrogens is 2. The van der Waals surface area contributed by atoms with Crippen LogP contribution in [-0.4, -0.2) is 33.7 Å². The zero-order chi connectivity index (χ0) is 15.8. The van der Waals surface area contributed by atoms with Crippen molar-refractivity contribution in [2.24, 2.45) is 0 Å². The monoisotopic (exact) mass is 305 g/mol. The van der Waals surface area contributed by atoms with Gasteiger partial charge in [0.25, 0.3) is 5.91 Å². The Kier molecular flexibility index (Phi) is 5.76. The van der Waals surface area contributed by atoms with Crippen LogP contribution in [0.5, 0.6) is 0 Å². The Bertz CT molecular complexity index is 604. The van der Waals surface area contributed by atoms with Crippen LogP contribution in [0, 0.1) is 0 Å². The lowest BCUT2D eigenvalue weighted by molar-refractivity contribution is -0.137. The van der Waals surface area contributed by atoms with E-state index in [1.165, 1.54) is 0 Å². The summed E-state index contributed by atoms with van der Waals surface area (Å²) in [6, 6.07) is 5.19. The highest BCUT2D eigenvalue weighted by Crippen LogP contribution is 2.17. The Hall–Kier alpha value is -2.57. The van der Waals surface area contributed by atoms with Gasteiger partial charge in [0, 0.05) is 19.0 Å². The highest BCUT2D eigenvalue weighted by molar-refractivity contribution is 5.93. The number of nitrogens with one attached hydrogen (secondary N) is 2. The fourth-order valence-electron chi connectivity index (χ4n) is 2.04. The van der Waals surface area contributed by atoms with Crippen LogP contribution < -0.4 is 5.32 Å². The minimum atomic E-state index is -0.765. The van der Waals surface area contributed by atoms with Crippen molar-refractivity contribution in [1.82, 2.24) is 15.5 Å². The van der Waals surface area contributed by atoms with E-state index in [0.29, 0.717) is 30.1 Å². The predicted octanol–water partition coefficient (Wildman–Crippen LogP) is 2.43. The molecule has 3 N–H and O–H groups in total. The molecule has 7 nitrogen and oxygen atoms in total. The molecule has 0 unspecified atom stereocenters. The summed E-state index contributed by atoms with van der Waals surface area (Å²) in [6.45, 7) is 0.550. The molecule has 0 spiro atoms. The normalized spacial score (nSPS) is 10.5. The van der Waals surface area contributed by atoms with E-state index in [0.717, 1.165) is 19.3 Å². The molecule has 0 saturated heterocycles. The number of hydrogen-bond acceptors (Lipinski definition) is 4. The van der Waals surface area contributed by atoms with E-state index in [9.17, 15) is 9.59 Å². The molecule has 0 aliphatic carbocycles. The van der Waals surface area contributed by atoms with Crippen LogP contribution in [0.25, 0.3) is 11.5 Å². The first kappa shape index (κ1) is 15.8. The smallest absolute Gasteiger partial charge is 0.303 e. The Balaban J connectivity index is 1.66. The van der Waals surface area contributed by atoms with Gasteiger partial charge >= 0.3 is 5.97 Å². The maximum atomic E-state index is 11.9. The molecular formula is C15H19N3O4. The lowest BCUT2D eigenvalue weighted by Gasteiger charge is -2.02. The first-order valence-electron chi connectivity index (χ1n) is 7.26. The van der Waals surface area contributed by atoms with Gasteiger partial charge in [-0.3, -0.25) is 14.7 Å². The Morgan fingerprint density at radius 2 is 2.09 bits per heavy atom. The highest BCUT2D eigenvalue weighted by atomic mass is 16.4. The molecule has 0 aliphatic rings. The number of H-pyrrole nitrogens is 1. The van der Waals surface area contributed by atoms with Gasteiger partial charge in [-0.1, -0.05) is 12.8 Å². The van der Waals surface area contributed by atoms with Gasteiger partial charge in [0.15, 0.2) is 11.5 Å². The number of unbranched alkanes of at least 4 members (excludes halogenated alkanes) is 3. The van der Waals surface area contributed by atoms with E-state index in [4.69, 9.17) is 9.52 Å². The molecular weight excluding hydrogens is 286 g/mol. The Morgan fingerprint density at radius 3 is 2.82 bits per heavy atom. The quantitative estimate of drug-likeness (QED) is 0.617. The number of aliphatic carboxylic acids is 1. The van der Waals surface area contributed by atoms with E-state index >= 15 is 0 Å². The van der Waals surface area contributed by atoms with Crippen molar-refractivity contribution >= 4 is 11.9 Å². The average Bonchev–Trinajstić information content (AvgIpc) is 3.16. The number of carboxylic acids is 1. The largest absolute Gasteiger partial charge is 0.481 e. The number of carbonyl (C=O) groups excluding carboxylic acids is 1. The van der Waals surface area contributed by atoms with Crippen LogP contribution in [0.2, 0.25) is 0 Å². The zero-order valence-corrected chi connectivity index (χ0v) is 12.2. The molecule has 22 heavy (non-hydrogen) atoms. The van der Waals surface area contributed by atoms with Gasteiger partial charge in [-0.2, -0.15) is 5.10 Å². The number of amides is 1. The molecule has 1 amide bonds. The van der Waals surface area contributed by atoms with Crippen LogP contribution in [-0.2, 0) is 4.79 Å². The number of nitrogens with zero attached hydrogens (tertiary/aromatic N) is 1. The maximum Gasteiger partial charge on any atom is 0.303 e. The summed E-state index contributed by atoms with van der Waals surface area (Å²) >= 11 is 0. The minimum absolute atomic E-state index is 0.204. The SMILES string of the molecule is O=C(O)CCCCCCNC(=O)c1cc(-c2ccco2)[nH]n1. The van der Waals surface area contributed by atoms with Gasteiger partial charge in [0.2, 0.25) is 0 Å². The van der Waals surface area contributed by atoms with E-state index in [1.807, 2.05) is 0 Å². The lowest BCUT2D eigenvalue weighted by Crippen LogP contribution is -2.24. The zero-order valence-electron chi connectivity index (χ0n) is 12.2. The molecule has 0 radical (unpaired) electrons. The van der Waals surface area contributed by atoms with Crippen LogP contribution in [0.1, 0.15) is 42.6 Å². The number of rotatable bonds is 9. The number of aromatic amines is 1. The van der Waals surface area contributed by atoms with Crippen molar-refractivity contribution in [2.45, 2.75) is 32.1 Å². The van der Waals surface area contributed by atoms with Crippen LogP contribution in [0.4, 0.5) is 0 Å². The third-order valence-electron chi connectivity index (χ3n) is 3.20. The lowest BCUT2D eigenvalue weighted by atomic mass is 10.1. The number of carbonyl (C=O) groups is 2. The highest BCUT2D eigenvalue weighted by Gasteiger charge is 2.11. The van der Waals surface area contributed by atoms with Crippen molar-refractivity contribution in [2.75, 3.05) is 6.54 Å². The van der Waals surface area contributed by atoms with Gasteiger partial charge < -0.3 is 14.8 Å². The van der Waals surface area contributed by atoms with E-state index in [2.05, 4.69) is 15.5 Å². The summed E-state index contributed by atoms with van der Waals surface area (Å²) in [5, 5.41) is 18.0. The summed E-state index contributed by atoms with van der Waals surface area (Å²) in [4.78, 5) is 22.3. The summed E-state index contributed by atoms with van der Waals surface area (Å²) in [7, 11) is 0. The molecule has 118 valence electrons. The number of carboxylic acid groups (broad SMARTS) is 1. The number of hydrogen-bond donors (Lipinski definition) is 3.